The number of nitrogens with two attached hydrogens (primary N) is 2. The van der Waals surface area contributed by atoms with Crippen molar-refractivity contribution in [2.75, 3.05) is 14.2 Å². The smallest absolute Gasteiger partial charge is 0.193 e. The SMILES string of the molecule is COc1ccc(C(=O)c2ccc(OC)cc2CN)c(CN)c1.Cl. The molecule has 0 atom stereocenters. The van der Waals surface area contributed by atoms with Gasteiger partial charge < -0.3 is 20.9 Å². The lowest BCUT2D eigenvalue weighted by atomic mass is 9.94. The van der Waals surface area contributed by atoms with Crippen LogP contribution in [0.25, 0.3) is 0 Å². The molecule has 0 saturated carbocycles. The van der Waals surface area contributed by atoms with Crippen molar-refractivity contribution < 1.29 is 14.3 Å². The van der Waals surface area contributed by atoms with E-state index in [4.69, 9.17) is 20.9 Å². The topological polar surface area (TPSA) is 87.6 Å². The van der Waals surface area contributed by atoms with Crippen LogP contribution in [0.15, 0.2) is 36.4 Å². The molecule has 0 fully saturated rings. The Labute approximate surface area is 142 Å². The Balaban J connectivity index is 0.00000264. The molecular weight excluding hydrogens is 316 g/mol. The van der Waals surface area contributed by atoms with E-state index in [1.807, 2.05) is 0 Å². The molecule has 124 valence electrons. The highest BCUT2D eigenvalue weighted by molar-refractivity contribution is 6.11. The van der Waals surface area contributed by atoms with Gasteiger partial charge in [0.2, 0.25) is 0 Å². The summed E-state index contributed by atoms with van der Waals surface area (Å²) in [5.41, 5.74) is 14.1. The summed E-state index contributed by atoms with van der Waals surface area (Å²) in [6, 6.07) is 10.5. The quantitative estimate of drug-likeness (QED) is 0.790. The fourth-order valence-electron chi connectivity index (χ4n) is 2.32. The van der Waals surface area contributed by atoms with Crippen molar-refractivity contribution in [3.05, 3.63) is 58.7 Å². The van der Waals surface area contributed by atoms with Gasteiger partial charge in [-0.25, -0.2) is 0 Å². The number of carbonyl (C=O) groups is 1. The van der Waals surface area contributed by atoms with E-state index in [0.29, 0.717) is 22.6 Å². The molecular formula is C17H21ClN2O3. The summed E-state index contributed by atoms with van der Waals surface area (Å²) in [7, 11) is 3.15. The van der Waals surface area contributed by atoms with Crippen molar-refractivity contribution >= 4 is 18.2 Å². The highest BCUT2D eigenvalue weighted by atomic mass is 35.5. The molecule has 23 heavy (non-hydrogen) atoms. The number of carbonyl (C=O) groups excluding carboxylic acids is 1. The summed E-state index contributed by atoms with van der Waals surface area (Å²) >= 11 is 0. The first-order valence-electron chi connectivity index (χ1n) is 6.93. The molecule has 0 heterocycles. The first kappa shape index (κ1) is 19.0. The van der Waals surface area contributed by atoms with Gasteiger partial charge in [-0.1, -0.05) is 0 Å². The maximum Gasteiger partial charge on any atom is 0.193 e. The van der Waals surface area contributed by atoms with Gasteiger partial charge in [0.05, 0.1) is 14.2 Å². The predicted octanol–water partition coefficient (Wildman–Crippen LogP) is 2.27. The van der Waals surface area contributed by atoms with Crippen LogP contribution < -0.4 is 20.9 Å². The van der Waals surface area contributed by atoms with Gasteiger partial charge in [-0.15, -0.1) is 12.4 Å². The van der Waals surface area contributed by atoms with Crippen LogP contribution in [0.5, 0.6) is 11.5 Å². The van der Waals surface area contributed by atoms with E-state index < -0.39 is 0 Å². The molecule has 0 bridgehead atoms. The lowest BCUT2D eigenvalue weighted by Gasteiger charge is -2.12. The molecule has 2 aromatic rings. The van der Waals surface area contributed by atoms with E-state index in [1.54, 1.807) is 50.6 Å². The molecule has 0 amide bonds. The minimum atomic E-state index is -0.105. The van der Waals surface area contributed by atoms with E-state index in [0.717, 1.165) is 11.1 Å². The zero-order valence-electron chi connectivity index (χ0n) is 13.2. The standard InChI is InChI=1S/C17H20N2O3.ClH/c1-21-13-3-5-15(11(7-13)9-18)17(20)16-6-4-14(22-2)8-12(16)10-19;/h3-8H,9-10,18-19H2,1-2H3;1H. The molecule has 0 radical (unpaired) electrons. The monoisotopic (exact) mass is 336 g/mol. The minimum Gasteiger partial charge on any atom is -0.497 e. The molecule has 0 aromatic heterocycles. The number of methoxy groups -OCH3 is 2. The Hall–Kier alpha value is -2.08. The molecule has 4 N–H and O–H groups in total. The Bertz CT molecular complexity index is 632. The lowest BCUT2D eigenvalue weighted by Crippen LogP contribution is -2.12. The second-order valence-corrected chi connectivity index (χ2v) is 4.78. The van der Waals surface area contributed by atoms with Gasteiger partial charge in [0, 0.05) is 24.2 Å². The van der Waals surface area contributed by atoms with Crippen LogP contribution in [-0.2, 0) is 13.1 Å². The summed E-state index contributed by atoms with van der Waals surface area (Å²) in [4.78, 5) is 12.8. The Morgan fingerprint density at radius 1 is 0.870 bits per heavy atom. The van der Waals surface area contributed by atoms with Crippen LogP contribution in [0.4, 0.5) is 0 Å². The van der Waals surface area contributed by atoms with Crippen molar-refractivity contribution in [1.82, 2.24) is 0 Å². The largest absolute Gasteiger partial charge is 0.497 e. The summed E-state index contributed by atoms with van der Waals surface area (Å²) < 4.78 is 10.3. The van der Waals surface area contributed by atoms with Crippen LogP contribution in [0.2, 0.25) is 0 Å². The van der Waals surface area contributed by atoms with Gasteiger partial charge in [0.15, 0.2) is 5.78 Å². The third-order valence-corrected chi connectivity index (χ3v) is 3.55. The normalized spacial score (nSPS) is 9.91. The van der Waals surface area contributed by atoms with Crippen LogP contribution >= 0.6 is 12.4 Å². The number of rotatable bonds is 6. The molecule has 0 unspecified atom stereocenters. The van der Waals surface area contributed by atoms with Crippen molar-refractivity contribution in [3.8, 4) is 11.5 Å². The van der Waals surface area contributed by atoms with E-state index in [1.165, 1.54) is 0 Å². The Morgan fingerprint density at radius 2 is 1.26 bits per heavy atom. The number of benzene rings is 2. The maximum atomic E-state index is 12.8. The van der Waals surface area contributed by atoms with E-state index in [2.05, 4.69) is 0 Å². The molecule has 0 spiro atoms. The number of halogens is 1. The molecule has 2 aromatic carbocycles. The lowest BCUT2D eigenvalue weighted by molar-refractivity contribution is 0.103. The number of ketones is 1. The molecule has 5 nitrogen and oxygen atoms in total. The van der Waals surface area contributed by atoms with Gasteiger partial charge >= 0.3 is 0 Å². The van der Waals surface area contributed by atoms with Crippen molar-refractivity contribution in [3.63, 3.8) is 0 Å². The van der Waals surface area contributed by atoms with E-state index in [9.17, 15) is 4.79 Å². The highest BCUT2D eigenvalue weighted by Gasteiger charge is 2.17. The van der Waals surface area contributed by atoms with Gasteiger partial charge in [0.25, 0.3) is 0 Å². The Kier molecular flexibility index (Phi) is 7.03. The highest BCUT2D eigenvalue weighted by Crippen LogP contribution is 2.24. The van der Waals surface area contributed by atoms with Crippen molar-refractivity contribution in [2.24, 2.45) is 11.5 Å². The number of hydrogen-bond acceptors (Lipinski definition) is 5. The number of hydrogen-bond donors (Lipinski definition) is 2. The average molecular weight is 337 g/mol. The molecule has 0 aliphatic heterocycles. The van der Waals surface area contributed by atoms with Crippen molar-refractivity contribution in [2.45, 2.75) is 13.1 Å². The molecule has 2 rings (SSSR count). The average Bonchev–Trinajstić information content (AvgIpc) is 2.59. The summed E-state index contributed by atoms with van der Waals surface area (Å²) in [6.45, 7) is 0.513. The summed E-state index contributed by atoms with van der Waals surface area (Å²) in [5, 5.41) is 0. The van der Waals surface area contributed by atoms with Crippen LogP contribution in [0.3, 0.4) is 0 Å². The van der Waals surface area contributed by atoms with E-state index >= 15 is 0 Å². The summed E-state index contributed by atoms with van der Waals surface area (Å²) in [5.74, 6) is 1.24. The zero-order chi connectivity index (χ0) is 16.1. The minimum absolute atomic E-state index is 0. The number of ether oxygens (including phenoxy) is 2. The van der Waals surface area contributed by atoms with Gasteiger partial charge in [-0.3, -0.25) is 4.79 Å². The molecule has 0 saturated heterocycles. The third-order valence-electron chi connectivity index (χ3n) is 3.55. The maximum absolute atomic E-state index is 12.8. The summed E-state index contributed by atoms with van der Waals surface area (Å²) in [6.07, 6.45) is 0. The van der Waals surface area contributed by atoms with E-state index in [-0.39, 0.29) is 31.3 Å². The Morgan fingerprint density at radius 3 is 1.57 bits per heavy atom. The fraction of sp³-hybridized carbons (Fsp3) is 0.235. The van der Waals surface area contributed by atoms with Gasteiger partial charge in [-0.2, -0.15) is 0 Å². The molecule has 0 aliphatic carbocycles. The van der Waals surface area contributed by atoms with Gasteiger partial charge in [0.1, 0.15) is 11.5 Å². The zero-order valence-corrected chi connectivity index (χ0v) is 14.0. The second kappa shape index (κ2) is 8.53. The van der Waals surface area contributed by atoms with Crippen LogP contribution in [0.1, 0.15) is 27.0 Å². The van der Waals surface area contributed by atoms with Gasteiger partial charge in [-0.05, 0) is 47.5 Å². The second-order valence-electron chi connectivity index (χ2n) is 4.78. The first-order chi connectivity index (χ1) is 10.6. The predicted molar refractivity (Wildman–Crippen MR) is 92.5 cm³/mol. The third kappa shape index (κ3) is 4.01. The van der Waals surface area contributed by atoms with Crippen LogP contribution in [0, 0.1) is 0 Å². The van der Waals surface area contributed by atoms with Crippen LogP contribution in [-0.4, -0.2) is 20.0 Å². The van der Waals surface area contributed by atoms with Crippen molar-refractivity contribution in [1.29, 1.82) is 0 Å². The molecule has 6 heteroatoms. The first-order valence-corrected chi connectivity index (χ1v) is 6.93. The fourth-order valence-corrected chi connectivity index (χ4v) is 2.32. The molecule has 0 aliphatic rings.